The standard InChI is InChI=1S/C18H20F2N2O4/c1-9-14(15(24)22-17(2,8-23)16(21)25)12-6-10(3-4-13(12)26-9)5-11-7-18(11,19)20/h3-4,6,11,23H,5,7-8H2,1-2H3,(H2,21,25)(H,22,24)/t11?,17-/m0/s1. The zero-order chi connectivity index (χ0) is 19.3. The van der Waals surface area contributed by atoms with Crippen LogP contribution in [0, 0.1) is 12.8 Å². The third kappa shape index (κ3) is 3.16. The number of primary amides is 1. The summed E-state index contributed by atoms with van der Waals surface area (Å²) in [5, 5.41) is 12.3. The largest absolute Gasteiger partial charge is 0.461 e. The van der Waals surface area contributed by atoms with Crippen LogP contribution in [0.25, 0.3) is 11.0 Å². The number of carbonyl (C=O) groups is 2. The van der Waals surface area contributed by atoms with Gasteiger partial charge in [-0.25, -0.2) is 8.78 Å². The summed E-state index contributed by atoms with van der Waals surface area (Å²) in [6, 6.07) is 4.98. The molecule has 0 saturated heterocycles. The van der Waals surface area contributed by atoms with Crippen molar-refractivity contribution < 1.29 is 27.9 Å². The van der Waals surface area contributed by atoms with Crippen molar-refractivity contribution in [3.8, 4) is 0 Å². The molecule has 2 amide bonds. The van der Waals surface area contributed by atoms with Crippen LogP contribution in [-0.4, -0.2) is 35.0 Å². The number of halogens is 2. The van der Waals surface area contributed by atoms with E-state index in [-0.39, 0.29) is 18.4 Å². The van der Waals surface area contributed by atoms with Crippen LogP contribution in [0.2, 0.25) is 0 Å². The Bertz CT molecular complexity index is 893. The summed E-state index contributed by atoms with van der Waals surface area (Å²) < 4.78 is 31.9. The van der Waals surface area contributed by atoms with Gasteiger partial charge in [0.2, 0.25) is 5.91 Å². The van der Waals surface area contributed by atoms with Crippen molar-refractivity contribution in [2.45, 2.75) is 38.2 Å². The molecule has 0 bridgehead atoms. The van der Waals surface area contributed by atoms with Gasteiger partial charge in [-0.3, -0.25) is 9.59 Å². The van der Waals surface area contributed by atoms with Crippen LogP contribution in [0.1, 0.15) is 35.0 Å². The lowest BCUT2D eigenvalue weighted by molar-refractivity contribution is -0.124. The molecule has 8 heteroatoms. The molecule has 1 saturated carbocycles. The highest BCUT2D eigenvalue weighted by Gasteiger charge is 2.56. The summed E-state index contributed by atoms with van der Waals surface area (Å²) >= 11 is 0. The second-order valence-electron chi connectivity index (χ2n) is 7.04. The predicted molar refractivity (Wildman–Crippen MR) is 89.9 cm³/mol. The highest BCUT2D eigenvalue weighted by atomic mass is 19.3. The zero-order valence-corrected chi connectivity index (χ0v) is 14.4. The van der Waals surface area contributed by atoms with Gasteiger partial charge in [-0.2, -0.15) is 0 Å². The van der Waals surface area contributed by atoms with E-state index in [1.54, 1.807) is 25.1 Å². The first-order valence-corrected chi connectivity index (χ1v) is 8.20. The number of carbonyl (C=O) groups excluding carboxylic acids is 2. The molecule has 1 aliphatic rings. The summed E-state index contributed by atoms with van der Waals surface area (Å²) in [4.78, 5) is 24.2. The SMILES string of the molecule is Cc1oc2ccc(CC3CC3(F)F)cc2c1C(=O)N[C@@](C)(CO)C(N)=O. The van der Waals surface area contributed by atoms with E-state index in [1.165, 1.54) is 6.92 Å². The number of amides is 2. The lowest BCUT2D eigenvalue weighted by Gasteiger charge is -2.24. The molecule has 1 aliphatic carbocycles. The van der Waals surface area contributed by atoms with Gasteiger partial charge in [-0.15, -0.1) is 0 Å². The van der Waals surface area contributed by atoms with E-state index in [9.17, 15) is 23.5 Å². The maximum Gasteiger partial charge on any atom is 0.256 e. The summed E-state index contributed by atoms with van der Waals surface area (Å²) in [7, 11) is 0. The van der Waals surface area contributed by atoms with Crippen LogP contribution in [0.4, 0.5) is 8.78 Å². The number of aryl methyl sites for hydroxylation is 1. The van der Waals surface area contributed by atoms with E-state index in [0.717, 1.165) is 0 Å². The Morgan fingerprint density at radius 1 is 1.46 bits per heavy atom. The highest BCUT2D eigenvalue weighted by Crippen LogP contribution is 2.50. The van der Waals surface area contributed by atoms with E-state index in [2.05, 4.69) is 5.32 Å². The summed E-state index contributed by atoms with van der Waals surface area (Å²) in [5.41, 5.74) is 4.91. The Morgan fingerprint density at radius 3 is 2.65 bits per heavy atom. The highest BCUT2D eigenvalue weighted by molar-refractivity contribution is 6.09. The number of aliphatic hydroxyl groups excluding tert-OH is 1. The number of rotatable bonds is 6. The van der Waals surface area contributed by atoms with E-state index in [0.29, 0.717) is 22.3 Å². The molecule has 4 N–H and O–H groups in total. The quantitative estimate of drug-likeness (QED) is 0.726. The average molecular weight is 366 g/mol. The van der Waals surface area contributed by atoms with Crippen LogP contribution in [0.15, 0.2) is 22.6 Å². The van der Waals surface area contributed by atoms with Crippen LogP contribution >= 0.6 is 0 Å². The first kappa shape index (κ1) is 18.3. The maximum absolute atomic E-state index is 13.2. The van der Waals surface area contributed by atoms with Gasteiger partial charge in [-0.05, 0) is 38.0 Å². The van der Waals surface area contributed by atoms with E-state index in [1.807, 2.05) is 0 Å². The number of fused-ring (bicyclic) bond motifs is 1. The third-order valence-corrected chi connectivity index (χ3v) is 4.84. The molecule has 26 heavy (non-hydrogen) atoms. The number of aliphatic hydroxyl groups is 1. The summed E-state index contributed by atoms with van der Waals surface area (Å²) in [5.74, 6) is -4.50. The van der Waals surface area contributed by atoms with Crippen LogP contribution in [-0.2, 0) is 11.2 Å². The van der Waals surface area contributed by atoms with Crippen molar-refractivity contribution >= 4 is 22.8 Å². The van der Waals surface area contributed by atoms with Gasteiger partial charge < -0.3 is 20.6 Å². The van der Waals surface area contributed by atoms with Crippen molar-refractivity contribution in [1.82, 2.24) is 5.32 Å². The lowest BCUT2D eigenvalue weighted by atomic mass is 10.0. The van der Waals surface area contributed by atoms with Crippen molar-refractivity contribution in [2.24, 2.45) is 11.7 Å². The molecule has 3 rings (SSSR count). The first-order chi connectivity index (χ1) is 12.1. The predicted octanol–water partition coefficient (Wildman–Crippen LogP) is 1.91. The molecule has 1 unspecified atom stereocenters. The second-order valence-corrected chi connectivity index (χ2v) is 7.04. The molecule has 1 heterocycles. The Hall–Kier alpha value is -2.48. The molecule has 1 aromatic carbocycles. The molecule has 0 spiro atoms. The average Bonchev–Trinajstić information content (AvgIpc) is 3.00. The fourth-order valence-corrected chi connectivity index (χ4v) is 2.94. The number of hydrogen-bond acceptors (Lipinski definition) is 4. The Morgan fingerprint density at radius 2 is 2.12 bits per heavy atom. The molecule has 140 valence electrons. The zero-order valence-electron chi connectivity index (χ0n) is 14.4. The monoisotopic (exact) mass is 366 g/mol. The number of hydrogen-bond donors (Lipinski definition) is 3. The fraction of sp³-hybridized carbons (Fsp3) is 0.444. The lowest BCUT2D eigenvalue weighted by Crippen LogP contribution is -2.57. The van der Waals surface area contributed by atoms with Crippen molar-refractivity contribution in [3.05, 3.63) is 35.1 Å². The smallest absolute Gasteiger partial charge is 0.256 e. The molecule has 2 atom stereocenters. The van der Waals surface area contributed by atoms with Gasteiger partial charge in [-0.1, -0.05) is 6.07 Å². The fourth-order valence-electron chi connectivity index (χ4n) is 2.94. The Labute approximate surface area is 148 Å². The van der Waals surface area contributed by atoms with Crippen LogP contribution in [0.5, 0.6) is 0 Å². The molecular weight excluding hydrogens is 346 g/mol. The molecule has 0 aliphatic heterocycles. The number of alkyl halides is 2. The molecular formula is C18H20F2N2O4. The topological polar surface area (TPSA) is 106 Å². The van der Waals surface area contributed by atoms with Crippen molar-refractivity contribution in [3.63, 3.8) is 0 Å². The second kappa shape index (κ2) is 6.05. The van der Waals surface area contributed by atoms with Gasteiger partial charge in [0.15, 0.2) is 0 Å². The molecule has 1 fully saturated rings. The minimum atomic E-state index is -2.62. The molecule has 2 aromatic rings. The minimum absolute atomic E-state index is 0.129. The normalized spacial score (nSPS) is 20.6. The summed E-state index contributed by atoms with van der Waals surface area (Å²) in [6.07, 6.45) is 0.0835. The van der Waals surface area contributed by atoms with Gasteiger partial charge in [0.25, 0.3) is 11.8 Å². The van der Waals surface area contributed by atoms with Gasteiger partial charge in [0.1, 0.15) is 16.9 Å². The maximum atomic E-state index is 13.2. The minimum Gasteiger partial charge on any atom is -0.461 e. The van der Waals surface area contributed by atoms with Gasteiger partial charge in [0, 0.05) is 17.7 Å². The number of furan rings is 1. The van der Waals surface area contributed by atoms with Gasteiger partial charge in [0.05, 0.1) is 12.2 Å². The first-order valence-electron chi connectivity index (χ1n) is 8.20. The van der Waals surface area contributed by atoms with Crippen molar-refractivity contribution in [1.29, 1.82) is 0 Å². The molecule has 1 aromatic heterocycles. The van der Waals surface area contributed by atoms with E-state index < -0.39 is 35.8 Å². The Kier molecular flexibility index (Phi) is 4.26. The number of benzene rings is 1. The number of nitrogens with two attached hydrogens (primary N) is 1. The van der Waals surface area contributed by atoms with Crippen molar-refractivity contribution in [2.75, 3.05) is 6.61 Å². The third-order valence-electron chi connectivity index (χ3n) is 4.84. The number of nitrogens with one attached hydrogen (secondary N) is 1. The molecule has 6 nitrogen and oxygen atoms in total. The molecule has 0 radical (unpaired) electrons. The van der Waals surface area contributed by atoms with E-state index >= 15 is 0 Å². The van der Waals surface area contributed by atoms with Gasteiger partial charge >= 0.3 is 0 Å². The van der Waals surface area contributed by atoms with E-state index in [4.69, 9.17) is 10.2 Å². The Balaban J connectivity index is 1.93. The van der Waals surface area contributed by atoms with Crippen LogP contribution < -0.4 is 11.1 Å². The van der Waals surface area contributed by atoms with Crippen LogP contribution in [0.3, 0.4) is 0 Å². The summed E-state index contributed by atoms with van der Waals surface area (Å²) in [6.45, 7) is 2.24.